The molecule has 1 heteroatoms. The highest BCUT2D eigenvalue weighted by atomic mass is 32.2. The molecule has 0 bridgehead atoms. The van der Waals surface area contributed by atoms with Crippen LogP contribution in [0.1, 0.15) is 22.6 Å². The average molecular weight is 273 g/mol. The van der Waals surface area contributed by atoms with E-state index in [0.717, 1.165) is 0 Å². The molecule has 3 aromatic rings. The summed E-state index contributed by atoms with van der Waals surface area (Å²) in [6.45, 7) is 0. The van der Waals surface area contributed by atoms with Gasteiger partial charge < -0.3 is 0 Å². The summed E-state index contributed by atoms with van der Waals surface area (Å²) in [5, 5.41) is 0. The second-order valence-corrected chi connectivity index (χ2v) is 6.02. The molecule has 1 atom stereocenters. The van der Waals surface area contributed by atoms with Gasteiger partial charge in [0.15, 0.2) is 0 Å². The van der Waals surface area contributed by atoms with E-state index in [1.165, 1.54) is 26.5 Å². The van der Waals surface area contributed by atoms with Crippen molar-refractivity contribution in [1.29, 1.82) is 0 Å². The van der Waals surface area contributed by atoms with Crippen LogP contribution in [0.3, 0.4) is 0 Å². The van der Waals surface area contributed by atoms with Crippen molar-refractivity contribution in [3.05, 3.63) is 95.6 Å². The Hall–Kier alpha value is -1.99. The lowest BCUT2D eigenvalue weighted by Gasteiger charge is -2.28. The third-order valence-corrected chi connectivity index (χ3v) is 4.89. The molecule has 3 aromatic carbocycles. The van der Waals surface area contributed by atoms with Gasteiger partial charge in [0.1, 0.15) is 0 Å². The van der Waals surface area contributed by atoms with Crippen LogP contribution >= 0.6 is 11.8 Å². The van der Waals surface area contributed by atoms with E-state index in [4.69, 9.17) is 0 Å². The fourth-order valence-electron chi connectivity index (χ4n) is 2.83. The molecular weight excluding hydrogens is 260 g/mol. The molecule has 95 valence electrons. The predicted molar refractivity (Wildman–Crippen MR) is 83.2 cm³/mol. The molecule has 1 unspecified atom stereocenters. The van der Waals surface area contributed by atoms with E-state index in [0.29, 0.717) is 5.92 Å². The SMILES string of the molecule is [c]1cccc2c1C(c1ccccc1)c1ccccc1S2. The zero-order valence-electron chi connectivity index (χ0n) is 10.9. The molecule has 1 aliphatic heterocycles. The Morgan fingerprint density at radius 2 is 1.50 bits per heavy atom. The molecule has 0 saturated heterocycles. The lowest BCUT2D eigenvalue weighted by Crippen LogP contribution is -2.09. The standard InChI is InChI=1S/C19H13S/c1-2-8-14(9-3-1)19-15-10-4-6-12-17(15)20-18-13-7-5-11-16(18)19/h1-10,12-13,19H. The molecule has 0 saturated carbocycles. The van der Waals surface area contributed by atoms with Gasteiger partial charge in [0.2, 0.25) is 0 Å². The number of hydrogen-bond acceptors (Lipinski definition) is 1. The molecule has 1 radical (unpaired) electrons. The third kappa shape index (κ3) is 1.86. The van der Waals surface area contributed by atoms with Crippen molar-refractivity contribution < 1.29 is 0 Å². The molecule has 1 aliphatic rings. The molecule has 0 amide bonds. The lowest BCUT2D eigenvalue weighted by molar-refractivity contribution is 0.899. The van der Waals surface area contributed by atoms with Gasteiger partial charge in [-0.25, -0.2) is 0 Å². The fourth-order valence-corrected chi connectivity index (χ4v) is 3.95. The van der Waals surface area contributed by atoms with Crippen LogP contribution in [0.5, 0.6) is 0 Å². The Labute approximate surface area is 123 Å². The first-order valence-corrected chi connectivity index (χ1v) is 7.57. The summed E-state index contributed by atoms with van der Waals surface area (Å²) in [5.41, 5.74) is 4.02. The van der Waals surface area contributed by atoms with E-state index in [1.54, 1.807) is 0 Å². The Balaban J connectivity index is 1.98. The minimum atomic E-state index is 0.296. The van der Waals surface area contributed by atoms with E-state index >= 15 is 0 Å². The first-order chi connectivity index (χ1) is 9.93. The Morgan fingerprint density at radius 1 is 0.750 bits per heavy atom. The van der Waals surface area contributed by atoms with Gasteiger partial charge in [0.25, 0.3) is 0 Å². The van der Waals surface area contributed by atoms with Crippen LogP contribution in [-0.4, -0.2) is 0 Å². The molecule has 1 heterocycles. The molecule has 0 fully saturated rings. The average Bonchev–Trinajstić information content (AvgIpc) is 2.53. The maximum Gasteiger partial charge on any atom is 0.0368 e. The monoisotopic (exact) mass is 273 g/mol. The van der Waals surface area contributed by atoms with Gasteiger partial charge >= 0.3 is 0 Å². The predicted octanol–water partition coefficient (Wildman–Crippen LogP) is 5.13. The molecule has 0 aliphatic carbocycles. The highest BCUT2D eigenvalue weighted by molar-refractivity contribution is 7.99. The largest absolute Gasteiger partial charge is 0.0894 e. The quantitative estimate of drug-likeness (QED) is 0.463. The molecule has 0 nitrogen and oxygen atoms in total. The van der Waals surface area contributed by atoms with Crippen LogP contribution in [-0.2, 0) is 0 Å². The summed E-state index contributed by atoms with van der Waals surface area (Å²) in [7, 11) is 0. The summed E-state index contributed by atoms with van der Waals surface area (Å²) < 4.78 is 0. The van der Waals surface area contributed by atoms with Gasteiger partial charge in [0.05, 0.1) is 0 Å². The smallest absolute Gasteiger partial charge is 0.0368 e. The minimum absolute atomic E-state index is 0.296. The highest BCUT2D eigenvalue weighted by Crippen LogP contribution is 2.47. The fraction of sp³-hybridized carbons (Fsp3) is 0.0526. The lowest BCUT2D eigenvalue weighted by atomic mass is 9.85. The molecule has 0 spiro atoms. The van der Waals surface area contributed by atoms with E-state index in [-0.39, 0.29) is 0 Å². The minimum Gasteiger partial charge on any atom is -0.0894 e. The highest BCUT2D eigenvalue weighted by Gasteiger charge is 2.26. The second kappa shape index (κ2) is 4.84. The Kier molecular flexibility index (Phi) is 2.86. The molecule has 20 heavy (non-hydrogen) atoms. The maximum atomic E-state index is 3.46. The first kappa shape index (κ1) is 11.8. The van der Waals surface area contributed by atoms with Crippen LogP contribution in [0, 0.1) is 6.07 Å². The zero-order chi connectivity index (χ0) is 13.4. The van der Waals surface area contributed by atoms with Gasteiger partial charge in [-0.3, -0.25) is 0 Å². The zero-order valence-corrected chi connectivity index (χ0v) is 11.7. The third-order valence-electron chi connectivity index (χ3n) is 3.72. The second-order valence-electron chi connectivity index (χ2n) is 4.93. The number of benzene rings is 3. The van der Waals surface area contributed by atoms with Gasteiger partial charge in [-0.1, -0.05) is 72.4 Å². The summed E-state index contributed by atoms with van der Waals surface area (Å²) in [4.78, 5) is 2.67. The summed E-state index contributed by atoms with van der Waals surface area (Å²) in [5.74, 6) is 0.296. The van der Waals surface area contributed by atoms with Crippen LogP contribution in [0.4, 0.5) is 0 Å². The van der Waals surface area contributed by atoms with Crippen molar-refractivity contribution in [2.24, 2.45) is 0 Å². The molecule has 0 N–H and O–H groups in total. The van der Waals surface area contributed by atoms with Crippen LogP contribution < -0.4 is 0 Å². The topological polar surface area (TPSA) is 0 Å². The Bertz CT molecular complexity index is 701. The molecule has 0 aromatic heterocycles. The van der Waals surface area contributed by atoms with Crippen molar-refractivity contribution >= 4 is 11.8 Å². The van der Waals surface area contributed by atoms with Gasteiger partial charge in [-0.15, -0.1) is 0 Å². The van der Waals surface area contributed by atoms with Crippen molar-refractivity contribution in [3.8, 4) is 0 Å². The van der Waals surface area contributed by atoms with E-state index < -0.39 is 0 Å². The van der Waals surface area contributed by atoms with Gasteiger partial charge in [0, 0.05) is 15.7 Å². The number of fused-ring (bicyclic) bond motifs is 2. The number of rotatable bonds is 1. The normalized spacial score (nSPS) is 13.6. The summed E-state index contributed by atoms with van der Waals surface area (Å²) in [6.07, 6.45) is 0. The van der Waals surface area contributed by atoms with Crippen molar-refractivity contribution in [1.82, 2.24) is 0 Å². The summed E-state index contributed by atoms with van der Waals surface area (Å²) >= 11 is 1.85. The van der Waals surface area contributed by atoms with Gasteiger partial charge in [-0.05, 0) is 34.9 Å². The van der Waals surface area contributed by atoms with Crippen molar-refractivity contribution in [2.75, 3.05) is 0 Å². The Morgan fingerprint density at radius 3 is 2.40 bits per heavy atom. The van der Waals surface area contributed by atoms with E-state index in [9.17, 15) is 0 Å². The van der Waals surface area contributed by atoms with Crippen LogP contribution in [0.25, 0.3) is 0 Å². The first-order valence-electron chi connectivity index (χ1n) is 6.76. The van der Waals surface area contributed by atoms with Crippen LogP contribution in [0.2, 0.25) is 0 Å². The van der Waals surface area contributed by atoms with Crippen molar-refractivity contribution in [3.63, 3.8) is 0 Å². The number of hydrogen-bond donors (Lipinski definition) is 0. The maximum absolute atomic E-state index is 3.46. The van der Waals surface area contributed by atoms with Crippen molar-refractivity contribution in [2.45, 2.75) is 15.7 Å². The molecule has 4 rings (SSSR count). The molecular formula is C19H13S. The van der Waals surface area contributed by atoms with Gasteiger partial charge in [-0.2, -0.15) is 0 Å². The summed E-state index contributed by atoms with van der Waals surface area (Å²) in [6, 6.07) is 29.2. The van der Waals surface area contributed by atoms with E-state index in [1.807, 2.05) is 17.8 Å². The van der Waals surface area contributed by atoms with Crippen LogP contribution in [0.15, 0.2) is 82.6 Å². The van der Waals surface area contributed by atoms with E-state index in [2.05, 4.69) is 72.8 Å².